The van der Waals surface area contributed by atoms with Crippen LogP contribution in [0.1, 0.15) is 27.1 Å². The van der Waals surface area contributed by atoms with Gasteiger partial charge in [-0.2, -0.15) is 0 Å². The number of Topliss-reactive ketones (excluding diaryl/α,β-unsaturated/α-hetero) is 1. The monoisotopic (exact) mass is 459 g/mol. The number of hydrogen-bond donors (Lipinski definition) is 0. The predicted octanol–water partition coefficient (Wildman–Crippen LogP) is 3.01. The lowest BCUT2D eigenvalue weighted by atomic mass is 10.1. The normalized spacial score (nSPS) is 15.9. The molecule has 0 aromatic heterocycles. The summed E-state index contributed by atoms with van der Waals surface area (Å²) in [5.74, 6) is -2.25. The highest BCUT2D eigenvalue weighted by Gasteiger charge is 2.36. The van der Waals surface area contributed by atoms with E-state index in [1.54, 1.807) is 48.5 Å². The molecule has 1 atom stereocenters. The van der Waals surface area contributed by atoms with Gasteiger partial charge in [0, 0.05) is 28.7 Å². The van der Waals surface area contributed by atoms with Crippen LogP contribution in [0.15, 0.2) is 53.0 Å². The Hall–Kier alpha value is -3.00. The zero-order chi connectivity index (χ0) is 21.0. The van der Waals surface area contributed by atoms with Crippen molar-refractivity contribution < 1.29 is 28.7 Å². The fourth-order valence-electron chi connectivity index (χ4n) is 2.98. The van der Waals surface area contributed by atoms with Crippen LogP contribution in [0.25, 0.3) is 0 Å². The third kappa shape index (κ3) is 4.89. The summed E-state index contributed by atoms with van der Waals surface area (Å²) in [6.45, 7) is -0.222. The molecule has 150 valence electrons. The van der Waals surface area contributed by atoms with E-state index in [9.17, 15) is 19.2 Å². The molecule has 7 nitrogen and oxygen atoms in total. The molecular formula is C21H18BrNO6. The molecule has 0 spiro atoms. The van der Waals surface area contributed by atoms with Crippen molar-refractivity contribution in [3.8, 4) is 0 Å². The Morgan fingerprint density at radius 1 is 1.03 bits per heavy atom. The van der Waals surface area contributed by atoms with E-state index in [0.717, 1.165) is 4.47 Å². The quantitative estimate of drug-likeness (QED) is 0.487. The van der Waals surface area contributed by atoms with Crippen molar-refractivity contribution in [1.82, 2.24) is 0 Å². The van der Waals surface area contributed by atoms with Crippen molar-refractivity contribution in [2.75, 3.05) is 25.2 Å². The molecule has 3 rings (SSSR count). The van der Waals surface area contributed by atoms with Crippen LogP contribution in [-0.4, -0.2) is 43.9 Å². The van der Waals surface area contributed by atoms with Crippen LogP contribution in [0.4, 0.5) is 5.69 Å². The number of rotatable bonds is 6. The van der Waals surface area contributed by atoms with Crippen molar-refractivity contribution in [3.05, 3.63) is 64.1 Å². The highest BCUT2D eigenvalue weighted by molar-refractivity contribution is 9.10. The van der Waals surface area contributed by atoms with Gasteiger partial charge in [-0.1, -0.05) is 28.1 Å². The van der Waals surface area contributed by atoms with Gasteiger partial charge in [0.1, 0.15) is 0 Å². The number of nitrogens with zero attached hydrogens (tertiary/aromatic N) is 1. The van der Waals surface area contributed by atoms with Crippen molar-refractivity contribution in [2.45, 2.75) is 6.42 Å². The number of carbonyl (C=O) groups is 4. The van der Waals surface area contributed by atoms with Gasteiger partial charge in [-0.3, -0.25) is 14.4 Å². The minimum atomic E-state index is -0.652. The third-order valence-corrected chi connectivity index (χ3v) is 5.10. The van der Waals surface area contributed by atoms with E-state index >= 15 is 0 Å². The molecule has 1 fully saturated rings. The number of anilines is 1. The predicted molar refractivity (Wildman–Crippen MR) is 108 cm³/mol. The Balaban J connectivity index is 1.57. The Kier molecular flexibility index (Phi) is 6.43. The van der Waals surface area contributed by atoms with E-state index in [2.05, 4.69) is 20.7 Å². The van der Waals surface area contributed by atoms with Crippen molar-refractivity contribution in [3.63, 3.8) is 0 Å². The molecule has 1 saturated heterocycles. The second kappa shape index (κ2) is 9.00. The molecule has 0 N–H and O–H groups in total. The second-order valence-electron chi connectivity index (χ2n) is 6.48. The summed E-state index contributed by atoms with van der Waals surface area (Å²) in [5, 5.41) is 0. The molecule has 1 aliphatic heterocycles. The first kappa shape index (κ1) is 20.7. The molecule has 0 bridgehead atoms. The average Bonchev–Trinajstić information content (AvgIpc) is 3.13. The Labute approximate surface area is 175 Å². The highest BCUT2D eigenvalue weighted by atomic mass is 79.9. The van der Waals surface area contributed by atoms with E-state index < -0.39 is 17.9 Å². The summed E-state index contributed by atoms with van der Waals surface area (Å²) in [7, 11) is 1.29. The van der Waals surface area contributed by atoms with E-state index in [0.29, 0.717) is 16.8 Å². The molecular weight excluding hydrogens is 442 g/mol. The Morgan fingerprint density at radius 2 is 1.66 bits per heavy atom. The number of benzene rings is 2. The van der Waals surface area contributed by atoms with Gasteiger partial charge in [0.15, 0.2) is 12.4 Å². The number of halogens is 1. The zero-order valence-corrected chi connectivity index (χ0v) is 17.2. The van der Waals surface area contributed by atoms with Gasteiger partial charge in [0.25, 0.3) is 0 Å². The lowest BCUT2D eigenvalue weighted by Crippen LogP contribution is -2.27. The van der Waals surface area contributed by atoms with E-state index in [1.807, 2.05) is 0 Å². The maximum atomic E-state index is 12.3. The van der Waals surface area contributed by atoms with Crippen LogP contribution < -0.4 is 4.90 Å². The summed E-state index contributed by atoms with van der Waals surface area (Å²) in [5.41, 5.74) is 1.38. The number of esters is 2. The van der Waals surface area contributed by atoms with Gasteiger partial charge < -0.3 is 14.4 Å². The van der Waals surface area contributed by atoms with Gasteiger partial charge in [-0.15, -0.1) is 0 Å². The van der Waals surface area contributed by atoms with E-state index in [1.165, 1.54) is 12.0 Å². The molecule has 1 amide bonds. The number of ether oxygens (including phenoxy) is 2. The molecule has 0 radical (unpaired) electrons. The molecule has 29 heavy (non-hydrogen) atoms. The molecule has 0 aliphatic carbocycles. The molecule has 0 unspecified atom stereocenters. The van der Waals surface area contributed by atoms with Gasteiger partial charge in [0.05, 0.1) is 18.6 Å². The van der Waals surface area contributed by atoms with Crippen LogP contribution in [0.5, 0.6) is 0 Å². The smallest absolute Gasteiger partial charge is 0.337 e. The van der Waals surface area contributed by atoms with Gasteiger partial charge in [0.2, 0.25) is 5.91 Å². The number of amides is 1. The molecule has 8 heteroatoms. The largest absolute Gasteiger partial charge is 0.465 e. The van der Waals surface area contributed by atoms with Crippen LogP contribution in [0.3, 0.4) is 0 Å². The Bertz CT molecular complexity index is 939. The average molecular weight is 460 g/mol. The van der Waals surface area contributed by atoms with Gasteiger partial charge in [-0.25, -0.2) is 4.79 Å². The molecule has 2 aromatic carbocycles. The molecule has 0 saturated carbocycles. The SMILES string of the molecule is COC(=O)c1ccc(N2C[C@@H](C(=O)OCC(=O)c3ccc(Br)cc3)CC2=O)cc1. The molecule has 2 aromatic rings. The van der Waals surface area contributed by atoms with Crippen molar-refractivity contribution in [2.24, 2.45) is 5.92 Å². The minimum absolute atomic E-state index is 0.00403. The van der Waals surface area contributed by atoms with Gasteiger partial charge >= 0.3 is 11.9 Å². The summed E-state index contributed by atoms with van der Waals surface area (Å²) in [4.78, 5) is 49.7. The van der Waals surface area contributed by atoms with Crippen LogP contribution in [0, 0.1) is 5.92 Å². The minimum Gasteiger partial charge on any atom is -0.465 e. The zero-order valence-electron chi connectivity index (χ0n) is 15.6. The fraction of sp³-hybridized carbons (Fsp3) is 0.238. The topological polar surface area (TPSA) is 90.0 Å². The maximum absolute atomic E-state index is 12.3. The summed E-state index contributed by atoms with van der Waals surface area (Å²) in [6, 6.07) is 13.1. The highest BCUT2D eigenvalue weighted by Crippen LogP contribution is 2.26. The van der Waals surface area contributed by atoms with Crippen LogP contribution in [-0.2, 0) is 19.1 Å². The summed E-state index contributed by atoms with van der Waals surface area (Å²) in [6.07, 6.45) is 0.00403. The Morgan fingerprint density at radius 3 is 2.28 bits per heavy atom. The van der Waals surface area contributed by atoms with Crippen LogP contribution >= 0.6 is 15.9 Å². The van der Waals surface area contributed by atoms with Gasteiger partial charge in [-0.05, 0) is 36.4 Å². The number of ketones is 1. The van der Waals surface area contributed by atoms with Crippen molar-refractivity contribution >= 4 is 45.2 Å². The fourth-order valence-corrected chi connectivity index (χ4v) is 3.25. The first-order chi connectivity index (χ1) is 13.9. The van der Waals surface area contributed by atoms with E-state index in [4.69, 9.17) is 4.74 Å². The number of methoxy groups -OCH3 is 1. The number of hydrogen-bond acceptors (Lipinski definition) is 6. The lowest BCUT2D eigenvalue weighted by molar-refractivity contribution is -0.147. The van der Waals surface area contributed by atoms with E-state index in [-0.39, 0.29) is 31.3 Å². The maximum Gasteiger partial charge on any atom is 0.337 e. The van der Waals surface area contributed by atoms with Crippen LogP contribution in [0.2, 0.25) is 0 Å². The second-order valence-corrected chi connectivity index (χ2v) is 7.40. The summed E-state index contributed by atoms with van der Waals surface area (Å²) < 4.78 is 10.6. The summed E-state index contributed by atoms with van der Waals surface area (Å²) >= 11 is 3.29. The third-order valence-electron chi connectivity index (χ3n) is 4.57. The first-order valence-electron chi connectivity index (χ1n) is 8.83. The number of carbonyl (C=O) groups excluding carboxylic acids is 4. The lowest BCUT2D eigenvalue weighted by Gasteiger charge is -2.16. The first-order valence-corrected chi connectivity index (χ1v) is 9.62. The standard InChI is InChI=1S/C21H18BrNO6/c1-28-20(26)14-4-8-17(9-5-14)23-11-15(10-19(23)25)21(27)29-12-18(24)13-2-6-16(22)7-3-13/h2-9,15H,10-12H2,1H3/t15-/m0/s1. The van der Waals surface area contributed by atoms with Crippen molar-refractivity contribution in [1.29, 1.82) is 0 Å². The molecule has 1 aliphatic rings. The molecule has 1 heterocycles.